The van der Waals surface area contributed by atoms with E-state index in [1.807, 2.05) is 19.0 Å². The maximum atomic E-state index is 9.60. The van der Waals surface area contributed by atoms with Crippen LogP contribution in [0.1, 0.15) is 0 Å². The molecule has 90 valence electrons. The fourth-order valence-corrected chi connectivity index (χ4v) is 1.63. The smallest absolute Gasteiger partial charge is 0.171 e. The number of aliphatic hydroxyl groups excluding tert-OH is 1. The lowest BCUT2D eigenvalue weighted by Crippen LogP contribution is -2.30. The van der Waals surface area contributed by atoms with E-state index in [9.17, 15) is 5.11 Å². The van der Waals surface area contributed by atoms with Crippen LogP contribution in [0.25, 0.3) is 0 Å². The van der Waals surface area contributed by atoms with Gasteiger partial charge >= 0.3 is 0 Å². The highest BCUT2D eigenvalue weighted by Gasteiger charge is 2.09. The highest BCUT2D eigenvalue weighted by molar-refractivity contribution is 9.10. The highest BCUT2D eigenvalue weighted by atomic mass is 79.9. The molecule has 0 aliphatic carbocycles. The summed E-state index contributed by atoms with van der Waals surface area (Å²) in [6, 6.07) is 1.72. The molecular formula is C10H14BrClN2O2. The van der Waals surface area contributed by atoms with Crippen LogP contribution in [0.2, 0.25) is 5.15 Å². The molecule has 0 radical (unpaired) electrons. The first-order valence-corrected chi connectivity index (χ1v) is 5.92. The summed E-state index contributed by atoms with van der Waals surface area (Å²) in [5.74, 6) is 0.467. The second kappa shape index (κ2) is 6.39. The number of hydrogen-bond acceptors (Lipinski definition) is 4. The number of halogens is 2. The minimum atomic E-state index is -0.551. The Kier molecular flexibility index (Phi) is 5.48. The summed E-state index contributed by atoms with van der Waals surface area (Å²) in [5, 5.41) is 9.89. The third-order valence-electron chi connectivity index (χ3n) is 1.78. The van der Waals surface area contributed by atoms with Gasteiger partial charge in [0.15, 0.2) is 10.9 Å². The lowest BCUT2D eigenvalue weighted by atomic mass is 10.3. The lowest BCUT2D eigenvalue weighted by Gasteiger charge is -2.16. The highest BCUT2D eigenvalue weighted by Crippen LogP contribution is 2.25. The fourth-order valence-electron chi connectivity index (χ4n) is 1.17. The number of ether oxygens (including phenoxy) is 1. The molecule has 1 heterocycles. The van der Waals surface area contributed by atoms with E-state index in [1.165, 1.54) is 0 Å². The summed E-state index contributed by atoms with van der Waals surface area (Å²) in [7, 11) is 3.77. The first-order valence-electron chi connectivity index (χ1n) is 4.75. The number of rotatable bonds is 5. The van der Waals surface area contributed by atoms with Gasteiger partial charge in [0.05, 0.1) is 0 Å². The van der Waals surface area contributed by atoms with Crippen LogP contribution in [0.5, 0.6) is 5.75 Å². The van der Waals surface area contributed by atoms with Gasteiger partial charge in [-0.25, -0.2) is 4.98 Å². The van der Waals surface area contributed by atoms with E-state index >= 15 is 0 Å². The number of aromatic nitrogens is 1. The molecule has 0 aromatic carbocycles. The molecule has 0 aliphatic heterocycles. The molecule has 1 aromatic heterocycles. The van der Waals surface area contributed by atoms with Crippen molar-refractivity contribution >= 4 is 27.5 Å². The fraction of sp³-hybridized carbons (Fsp3) is 0.500. The summed E-state index contributed by atoms with van der Waals surface area (Å²) in [6.07, 6.45) is 1.04. The molecule has 1 N–H and O–H groups in total. The zero-order valence-electron chi connectivity index (χ0n) is 9.15. The van der Waals surface area contributed by atoms with Gasteiger partial charge in [0.1, 0.15) is 12.7 Å². The van der Waals surface area contributed by atoms with Crippen LogP contribution < -0.4 is 4.74 Å². The predicted molar refractivity (Wildman–Crippen MR) is 67.0 cm³/mol. The van der Waals surface area contributed by atoms with Crippen molar-refractivity contribution in [3.05, 3.63) is 21.9 Å². The number of likely N-dealkylation sites (N-methyl/N-ethyl adjacent to an activating group) is 1. The van der Waals surface area contributed by atoms with E-state index in [4.69, 9.17) is 16.3 Å². The zero-order valence-corrected chi connectivity index (χ0v) is 11.5. The van der Waals surface area contributed by atoms with Crippen LogP contribution in [-0.4, -0.2) is 48.3 Å². The SMILES string of the molecule is CN(C)CC(O)COc1cc(Br)cnc1Cl. The van der Waals surface area contributed by atoms with Gasteiger partial charge in [-0.2, -0.15) is 0 Å². The molecule has 0 saturated heterocycles. The molecule has 0 bridgehead atoms. The van der Waals surface area contributed by atoms with Crippen molar-refractivity contribution in [3.63, 3.8) is 0 Å². The maximum Gasteiger partial charge on any atom is 0.171 e. The largest absolute Gasteiger partial charge is 0.488 e. The monoisotopic (exact) mass is 308 g/mol. The van der Waals surface area contributed by atoms with Gasteiger partial charge in [0.2, 0.25) is 0 Å². The van der Waals surface area contributed by atoms with E-state index in [-0.39, 0.29) is 6.61 Å². The van der Waals surface area contributed by atoms with Crippen LogP contribution in [0, 0.1) is 0 Å². The standard InChI is InChI=1S/C10H14BrClN2O2/c1-14(2)5-8(15)6-16-9-3-7(11)4-13-10(9)12/h3-4,8,15H,5-6H2,1-2H3. The zero-order chi connectivity index (χ0) is 12.1. The van der Waals surface area contributed by atoms with Crippen molar-refractivity contribution < 1.29 is 9.84 Å². The average molecular weight is 310 g/mol. The van der Waals surface area contributed by atoms with Crippen LogP contribution in [-0.2, 0) is 0 Å². The number of hydrogen-bond donors (Lipinski definition) is 1. The van der Waals surface area contributed by atoms with Crippen molar-refractivity contribution in [3.8, 4) is 5.75 Å². The van der Waals surface area contributed by atoms with Gasteiger partial charge in [-0.1, -0.05) is 11.6 Å². The normalized spacial score (nSPS) is 12.9. The molecule has 1 rings (SSSR count). The van der Waals surface area contributed by atoms with Crippen LogP contribution in [0.15, 0.2) is 16.7 Å². The maximum absolute atomic E-state index is 9.60. The minimum Gasteiger partial charge on any atom is -0.488 e. The van der Waals surface area contributed by atoms with Gasteiger partial charge < -0.3 is 14.7 Å². The van der Waals surface area contributed by atoms with Crippen molar-refractivity contribution in [2.45, 2.75) is 6.10 Å². The molecule has 1 atom stereocenters. The Labute approximate surface area is 108 Å². The van der Waals surface area contributed by atoms with E-state index in [0.29, 0.717) is 17.4 Å². The minimum absolute atomic E-state index is 0.191. The van der Waals surface area contributed by atoms with Crippen molar-refractivity contribution in [1.29, 1.82) is 0 Å². The Morgan fingerprint density at radius 3 is 2.94 bits per heavy atom. The Morgan fingerprint density at radius 2 is 2.31 bits per heavy atom. The van der Waals surface area contributed by atoms with Gasteiger partial charge in [-0.3, -0.25) is 0 Å². The second-order valence-corrected chi connectivity index (χ2v) is 4.94. The summed E-state index contributed by atoms with van der Waals surface area (Å²) in [6.45, 7) is 0.731. The quantitative estimate of drug-likeness (QED) is 0.843. The van der Waals surface area contributed by atoms with Crippen molar-refractivity contribution in [2.24, 2.45) is 0 Å². The molecule has 0 amide bonds. The Balaban J connectivity index is 2.51. The van der Waals surface area contributed by atoms with Gasteiger partial charge in [-0.15, -0.1) is 0 Å². The Morgan fingerprint density at radius 1 is 1.62 bits per heavy atom. The van der Waals surface area contributed by atoms with Crippen molar-refractivity contribution in [2.75, 3.05) is 27.2 Å². The third kappa shape index (κ3) is 4.65. The van der Waals surface area contributed by atoms with Crippen LogP contribution >= 0.6 is 27.5 Å². The molecule has 0 saturated carbocycles. The summed E-state index contributed by atoms with van der Waals surface area (Å²) in [4.78, 5) is 5.80. The topological polar surface area (TPSA) is 45.6 Å². The molecular weight excluding hydrogens is 295 g/mol. The van der Waals surface area contributed by atoms with E-state index in [2.05, 4.69) is 20.9 Å². The first kappa shape index (κ1) is 13.7. The van der Waals surface area contributed by atoms with E-state index < -0.39 is 6.10 Å². The predicted octanol–water partition coefficient (Wildman–Crippen LogP) is 1.80. The lowest BCUT2D eigenvalue weighted by molar-refractivity contribution is 0.0830. The van der Waals surface area contributed by atoms with Crippen LogP contribution in [0.4, 0.5) is 0 Å². The molecule has 0 spiro atoms. The molecule has 4 nitrogen and oxygen atoms in total. The number of aliphatic hydroxyl groups is 1. The number of nitrogens with zero attached hydrogens (tertiary/aromatic N) is 2. The van der Waals surface area contributed by atoms with E-state index in [0.717, 1.165) is 4.47 Å². The summed E-state index contributed by atoms with van der Waals surface area (Å²) >= 11 is 9.11. The van der Waals surface area contributed by atoms with E-state index in [1.54, 1.807) is 12.3 Å². The Bertz CT molecular complexity index is 350. The van der Waals surface area contributed by atoms with Gasteiger partial charge in [-0.05, 0) is 36.1 Å². The molecule has 1 unspecified atom stereocenters. The molecule has 1 aromatic rings. The third-order valence-corrected chi connectivity index (χ3v) is 2.50. The molecule has 16 heavy (non-hydrogen) atoms. The first-order chi connectivity index (χ1) is 7.49. The van der Waals surface area contributed by atoms with Crippen LogP contribution in [0.3, 0.4) is 0 Å². The van der Waals surface area contributed by atoms with Crippen molar-refractivity contribution in [1.82, 2.24) is 9.88 Å². The molecule has 0 aliphatic rings. The second-order valence-electron chi connectivity index (χ2n) is 3.67. The van der Waals surface area contributed by atoms with Gasteiger partial charge in [0.25, 0.3) is 0 Å². The average Bonchev–Trinajstić information content (AvgIpc) is 2.18. The Hall–Kier alpha value is -0.360. The van der Waals surface area contributed by atoms with Gasteiger partial charge in [0, 0.05) is 17.2 Å². The molecule has 0 fully saturated rings. The number of pyridine rings is 1. The molecule has 6 heteroatoms. The summed E-state index contributed by atoms with van der Waals surface area (Å²) < 4.78 is 6.17. The summed E-state index contributed by atoms with van der Waals surface area (Å²) in [5.41, 5.74) is 0.